The van der Waals surface area contributed by atoms with Gasteiger partial charge in [-0.3, -0.25) is 0 Å². The van der Waals surface area contributed by atoms with Crippen LogP contribution < -0.4 is 4.74 Å². The Labute approximate surface area is 329 Å². The molecule has 0 spiro atoms. The molecule has 270 valence electrons. The molecule has 1 aliphatic heterocycles. The smallest absolute Gasteiger partial charge is 0.175 e. The van der Waals surface area contributed by atoms with Crippen molar-refractivity contribution in [1.29, 1.82) is 0 Å². The maximum Gasteiger partial charge on any atom is 0.175 e. The number of ether oxygens (including phenoxy) is 1. The first-order valence-corrected chi connectivity index (χ1v) is 19.7. The third kappa shape index (κ3) is 5.02. The molecule has 12 rings (SSSR count). The highest BCUT2D eigenvalue weighted by Crippen LogP contribution is 2.50. The van der Waals surface area contributed by atoms with Crippen molar-refractivity contribution in [3.05, 3.63) is 187 Å². The summed E-state index contributed by atoms with van der Waals surface area (Å²) in [7, 11) is 0. The first-order chi connectivity index (χ1) is 28.3. The number of hydrogen-bond acceptors (Lipinski definition) is 4. The maximum atomic E-state index is 6.84. The molecule has 0 bridgehead atoms. The Kier molecular flexibility index (Phi) is 7.11. The van der Waals surface area contributed by atoms with E-state index in [2.05, 4.69) is 174 Å². The largest absolute Gasteiger partial charge is 0.457 e. The van der Waals surface area contributed by atoms with Gasteiger partial charge in [-0.1, -0.05) is 115 Å². The molecular formula is C52H35N3O2. The van der Waals surface area contributed by atoms with Crippen LogP contribution in [0.25, 0.3) is 88.8 Å². The van der Waals surface area contributed by atoms with Crippen molar-refractivity contribution >= 4 is 49.3 Å². The first kappa shape index (κ1) is 32.0. The van der Waals surface area contributed by atoms with Gasteiger partial charge in [0.05, 0.1) is 22.6 Å². The fraction of sp³-hybridized carbons (Fsp3) is 0.0769. The molecule has 0 saturated heterocycles. The molecule has 6 aromatic carbocycles. The molecule has 0 radical (unpaired) electrons. The summed E-state index contributed by atoms with van der Waals surface area (Å²) in [5.41, 5.74) is 13.3. The average Bonchev–Trinajstić information content (AvgIpc) is 3.96. The Balaban J connectivity index is 1.11. The van der Waals surface area contributed by atoms with E-state index in [1.54, 1.807) is 0 Å². The van der Waals surface area contributed by atoms with Crippen molar-refractivity contribution in [2.75, 3.05) is 0 Å². The van der Waals surface area contributed by atoms with Crippen molar-refractivity contribution in [2.24, 2.45) is 0 Å². The van der Waals surface area contributed by atoms with E-state index in [1.165, 1.54) is 11.0 Å². The number of hydrogen-bond donors (Lipinski definition) is 0. The first-order valence-electron chi connectivity index (χ1n) is 19.7. The fourth-order valence-corrected chi connectivity index (χ4v) is 9.12. The summed E-state index contributed by atoms with van der Waals surface area (Å²) >= 11 is 0. The average molecular weight is 734 g/mol. The van der Waals surface area contributed by atoms with Gasteiger partial charge in [-0.05, 0) is 90.6 Å². The molecule has 9 aromatic rings. The molecular weight excluding hydrogens is 699 g/mol. The van der Waals surface area contributed by atoms with E-state index in [0.29, 0.717) is 5.82 Å². The Morgan fingerprint density at radius 3 is 2.33 bits per heavy atom. The normalized spacial score (nSPS) is 15.9. The lowest BCUT2D eigenvalue weighted by molar-refractivity contribution is 0.425. The van der Waals surface area contributed by atoms with E-state index in [9.17, 15) is 0 Å². The lowest BCUT2D eigenvalue weighted by Gasteiger charge is -2.13. The van der Waals surface area contributed by atoms with Crippen molar-refractivity contribution in [3.63, 3.8) is 0 Å². The molecule has 0 fully saturated rings. The van der Waals surface area contributed by atoms with Gasteiger partial charge in [0.15, 0.2) is 11.6 Å². The molecule has 1 atom stereocenters. The highest BCUT2D eigenvalue weighted by atomic mass is 16.5. The molecule has 2 aliphatic carbocycles. The van der Waals surface area contributed by atoms with Crippen LogP contribution in [0.1, 0.15) is 36.4 Å². The topological polar surface area (TPSA) is 53.1 Å². The monoisotopic (exact) mass is 733 g/mol. The van der Waals surface area contributed by atoms with E-state index in [-0.39, 0.29) is 5.92 Å². The van der Waals surface area contributed by atoms with Gasteiger partial charge in [0.2, 0.25) is 0 Å². The maximum absolute atomic E-state index is 6.84. The summed E-state index contributed by atoms with van der Waals surface area (Å²) in [4.78, 5) is 10.9. The number of allylic oxidation sites excluding steroid dienone is 8. The van der Waals surface area contributed by atoms with Crippen LogP contribution in [-0.4, -0.2) is 14.5 Å². The molecule has 3 aliphatic rings. The molecule has 57 heavy (non-hydrogen) atoms. The molecule has 0 amide bonds. The van der Waals surface area contributed by atoms with E-state index < -0.39 is 0 Å². The van der Waals surface area contributed by atoms with E-state index in [1.807, 2.05) is 0 Å². The van der Waals surface area contributed by atoms with Crippen LogP contribution in [0.2, 0.25) is 0 Å². The minimum atomic E-state index is 0.0239. The standard InChI is InChI=1S/C52H35N3O2/c1-4-15-32(16-5-1)35-30-40(33-17-6-2-7-18-33)50-42(31-35)47-39(23-14-26-46(47)57-50)52-53-48(51-49(54-52)38-22-11-13-25-45(38)56-51)34-27-28-44-41(29-34)37-21-10-12-24-43(37)55(44)36-19-8-3-9-20-36/h1,3-6,8-21,23-31,38H,2,7,22H2. The Morgan fingerprint density at radius 2 is 1.46 bits per heavy atom. The highest BCUT2D eigenvalue weighted by Gasteiger charge is 2.36. The van der Waals surface area contributed by atoms with Crippen molar-refractivity contribution in [3.8, 4) is 45.2 Å². The lowest BCUT2D eigenvalue weighted by atomic mass is 9.92. The summed E-state index contributed by atoms with van der Waals surface area (Å²) in [5, 5.41) is 4.41. The van der Waals surface area contributed by atoms with Crippen molar-refractivity contribution < 1.29 is 9.15 Å². The highest BCUT2D eigenvalue weighted by molar-refractivity contribution is 6.16. The number of fused-ring (bicyclic) bond motifs is 9. The van der Waals surface area contributed by atoms with Crippen LogP contribution in [0.15, 0.2) is 180 Å². The van der Waals surface area contributed by atoms with Gasteiger partial charge in [-0.25, -0.2) is 9.97 Å². The van der Waals surface area contributed by atoms with E-state index in [0.717, 1.165) is 114 Å². The summed E-state index contributed by atoms with van der Waals surface area (Å²) in [5.74, 6) is 2.33. The number of furan rings is 1. The predicted molar refractivity (Wildman–Crippen MR) is 232 cm³/mol. The third-order valence-corrected chi connectivity index (χ3v) is 11.8. The number of rotatable bonds is 5. The number of para-hydroxylation sites is 2. The third-order valence-electron chi connectivity index (χ3n) is 11.8. The van der Waals surface area contributed by atoms with Gasteiger partial charge < -0.3 is 13.7 Å². The summed E-state index contributed by atoms with van der Waals surface area (Å²) in [6.45, 7) is 0. The quantitative estimate of drug-likeness (QED) is 0.177. The van der Waals surface area contributed by atoms with Crippen LogP contribution in [0.5, 0.6) is 5.75 Å². The zero-order chi connectivity index (χ0) is 37.5. The van der Waals surface area contributed by atoms with Crippen LogP contribution in [0.3, 0.4) is 0 Å². The van der Waals surface area contributed by atoms with E-state index in [4.69, 9.17) is 19.1 Å². The Bertz CT molecular complexity index is 3230. The zero-order valence-corrected chi connectivity index (χ0v) is 31.0. The second-order valence-electron chi connectivity index (χ2n) is 15.1. The van der Waals surface area contributed by atoms with Gasteiger partial charge in [0.25, 0.3) is 0 Å². The van der Waals surface area contributed by atoms with Crippen molar-refractivity contribution in [1.82, 2.24) is 14.5 Å². The molecule has 5 heteroatoms. The second kappa shape index (κ2) is 12.7. The predicted octanol–water partition coefficient (Wildman–Crippen LogP) is 13.5. The Morgan fingerprint density at radius 1 is 0.632 bits per heavy atom. The fourth-order valence-electron chi connectivity index (χ4n) is 9.12. The van der Waals surface area contributed by atoms with Gasteiger partial charge >= 0.3 is 0 Å². The second-order valence-corrected chi connectivity index (χ2v) is 15.1. The lowest BCUT2D eigenvalue weighted by Crippen LogP contribution is -2.02. The minimum absolute atomic E-state index is 0.0239. The van der Waals surface area contributed by atoms with Gasteiger partial charge in [0.1, 0.15) is 22.6 Å². The number of aromatic nitrogens is 3. The Hall–Kier alpha value is -7.24. The molecule has 4 heterocycles. The molecule has 0 N–H and O–H groups in total. The summed E-state index contributed by atoms with van der Waals surface area (Å²) in [6.07, 6.45) is 16.0. The molecule has 5 nitrogen and oxygen atoms in total. The molecule has 0 saturated carbocycles. The molecule has 1 unspecified atom stereocenters. The summed E-state index contributed by atoms with van der Waals surface area (Å²) in [6, 6.07) is 47.3. The van der Waals surface area contributed by atoms with Gasteiger partial charge in [-0.2, -0.15) is 0 Å². The van der Waals surface area contributed by atoms with Crippen molar-refractivity contribution in [2.45, 2.75) is 25.2 Å². The van der Waals surface area contributed by atoms with Crippen LogP contribution in [0, 0.1) is 0 Å². The van der Waals surface area contributed by atoms with Gasteiger partial charge in [-0.15, -0.1) is 0 Å². The zero-order valence-electron chi connectivity index (χ0n) is 31.0. The van der Waals surface area contributed by atoms with Crippen LogP contribution in [-0.2, 0) is 0 Å². The SMILES string of the molecule is C1=CCC2C(=C1)Oc1c(-c3ccc4c(c3)c3ccccc3n4-c3ccccc3)nc(-c3cccc4oc5c(C6=CCCC=C6)cc(-c6ccccc6)cc5c34)nc12. The van der Waals surface area contributed by atoms with E-state index >= 15 is 0 Å². The minimum Gasteiger partial charge on any atom is -0.457 e. The number of benzene rings is 6. The van der Waals surface area contributed by atoms with Crippen LogP contribution in [0.4, 0.5) is 0 Å². The van der Waals surface area contributed by atoms with Crippen LogP contribution >= 0.6 is 0 Å². The van der Waals surface area contributed by atoms with Gasteiger partial charge in [0, 0.05) is 43.9 Å². The number of nitrogens with zero attached hydrogens (tertiary/aromatic N) is 3. The summed E-state index contributed by atoms with van der Waals surface area (Å²) < 4.78 is 15.9. The molecule has 3 aromatic heterocycles.